The van der Waals surface area contributed by atoms with Crippen LogP contribution in [0.25, 0.3) is 5.69 Å². The SMILES string of the molecule is COc1c(Cl)nc(Cc2ccc3c(c2)OCO3)nc1Oc1ccc(-n2ccnc2)cc1. The molecular formula is C22H17ClN4O4. The molecule has 0 unspecified atom stereocenters. The fourth-order valence-electron chi connectivity index (χ4n) is 3.21. The normalized spacial score (nSPS) is 12.1. The van der Waals surface area contributed by atoms with Crippen molar-refractivity contribution in [1.82, 2.24) is 19.5 Å². The molecule has 4 aromatic rings. The Balaban J connectivity index is 1.40. The van der Waals surface area contributed by atoms with Gasteiger partial charge in [-0.3, -0.25) is 0 Å². The molecule has 0 amide bonds. The Bertz CT molecular complexity index is 1210. The number of aromatic nitrogens is 4. The summed E-state index contributed by atoms with van der Waals surface area (Å²) in [5.74, 6) is 3.02. The molecule has 5 rings (SSSR count). The Kier molecular flexibility index (Phi) is 5.05. The second kappa shape index (κ2) is 8.16. The van der Waals surface area contributed by atoms with Crippen LogP contribution in [0.1, 0.15) is 11.4 Å². The third-order valence-corrected chi connectivity index (χ3v) is 4.95. The molecule has 31 heavy (non-hydrogen) atoms. The number of ether oxygens (including phenoxy) is 4. The van der Waals surface area contributed by atoms with Crippen molar-refractivity contribution < 1.29 is 18.9 Å². The van der Waals surface area contributed by atoms with E-state index in [-0.39, 0.29) is 23.6 Å². The molecule has 8 nitrogen and oxygen atoms in total. The highest BCUT2D eigenvalue weighted by Gasteiger charge is 2.18. The molecule has 0 spiro atoms. The van der Waals surface area contributed by atoms with E-state index in [0.717, 1.165) is 17.0 Å². The van der Waals surface area contributed by atoms with Crippen LogP contribution in [0.5, 0.6) is 28.9 Å². The van der Waals surface area contributed by atoms with Crippen LogP contribution in [0, 0.1) is 0 Å². The summed E-state index contributed by atoms with van der Waals surface area (Å²) in [7, 11) is 1.50. The molecular weight excluding hydrogens is 420 g/mol. The van der Waals surface area contributed by atoms with Crippen LogP contribution in [-0.2, 0) is 6.42 Å². The molecule has 0 fully saturated rings. The molecule has 2 aromatic heterocycles. The van der Waals surface area contributed by atoms with Crippen molar-refractivity contribution in [3.05, 3.63) is 77.7 Å². The summed E-state index contributed by atoms with van der Waals surface area (Å²) in [5, 5.41) is 0.179. The molecule has 9 heteroatoms. The number of halogens is 1. The van der Waals surface area contributed by atoms with Crippen molar-refractivity contribution in [2.75, 3.05) is 13.9 Å². The molecule has 0 N–H and O–H groups in total. The van der Waals surface area contributed by atoms with Crippen LogP contribution < -0.4 is 18.9 Å². The first-order valence-electron chi connectivity index (χ1n) is 9.45. The van der Waals surface area contributed by atoms with Gasteiger partial charge in [0.25, 0.3) is 5.88 Å². The monoisotopic (exact) mass is 436 g/mol. The highest BCUT2D eigenvalue weighted by molar-refractivity contribution is 6.31. The van der Waals surface area contributed by atoms with E-state index in [9.17, 15) is 0 Å². The van der Waals surface area contributed by atoms with Crippen molar-refractivity contribution in [2.45, 2.75) is 6.42 Å². The first-order chi connectivity index (χ1) is 15.2. The standard InChI is InChI=1S/C22H17ClN4O4/c1-28-20-21(23)25-19(11-14-2-7-17-18(10-14)30-13-29-17)26-22(20)31-16-5-3-15(4-6-16)27-9-8-24-12-27/h2-10,12H,11,13H2,1H3. The van der Waals surface area contributed by atoms with E-state index in [1.807, 2.05) is 53.2 Å². The maximum atomic E-state index is 6.34. The van der Waals surface area contributed by atoms with Gasteiger partial charge >= 0.3 is 0 Å². The second-order valence-electron chi connectivity index (χ2n) is 6.70. The molecule has 0 bridgehead atoms. The smallest absolute Gasteiger partial charge is 0.267 e. The number of fused-ring (bicyclic) bond motifs is 1. The lowest BCUT2D eigenvalue weighted by Crippen LogP contribution is -2.03. The molecule has 156 valence electrons. The van der Waals surface area contributed by atoms with E-state index in [4.69, 9.17) is 30.5 Å². The number of hydrogen-bond acceptors (Lipinski definition) is 7. The minimum Gasteiger partial charge on any atom is -0.489 e. The van der Waals surface area contributed by atoms with Gasteiger partial charge < -0.3 is 23.5 Å². The number of nitrogens with zero attached hydrogens (tertiary/aromatic N) is 4. The summed E-state index contributed by atoms with van der Waals surface area (Å²) in [6, 6.07) is 13.2. The summed E-state index contributed by atoms with van der Waals surface area (Å²) >= 11 is 6.34. The number of imidazole rings is 1. The van der Waals surface area contributed by atoms with Gasteiger partial charge in [-0.05, 0) is 42.0 Å². The molecule has 0 aliphatic carbocycles. The van der Waals surface area contributed by atoms with Crippen LogP contribution in [0.3, 0.4) is 0 Å². The zero-order valence-electron chi connectivity index (χ0n) is 16.5. The molecule has 1 aliphatic rings. The minimum atomic E-state index is 0.179. The third kappa shape index (κ3) is 3.97. The largest absolute Gasteiger partial charge is 0.489 e. The van der Waals surface area contributed by atoms with Crippen LogP contribution in [0.15, 0.2) is 61.2 Å². The maximum Gasteiger partial charge on any atom is 0.267 e. The van der Waals surface area contributed by atoms with E-state index < -0.39 is 0 Å². The summed E-state index contributed by atoms with van der Waals surface area (Å²) < 4.78 is 24.0. The van der Waals surface area contributed by atoms with E-state index >= 15 is 0 Å². The van der Waals surface area contributed by atoms with E-state index in [2.05, 4.69) is 15.0 Å². The zero-order chi connectivity index (χ0) is 21.2. The van der Waals surface area contributed by atoms with Crippen molar-refractivity contribution in [3.8, 4) is 34.6 Å². The Hall–Kier alpha value is -3.78. The zero-order valence-corrected chi connectivity index (χ0v) is 17.2. The molecule has 1 aliphatic heterocycles. The van der Waals surface area contributed by atoms with Gasteiger partial charge in [-0.25, -0.2) is 9.97 Å². The number of methoxy groups -OCH3 is 1. The molecule has 0 saturated heterocycles. The van der Waals surface area contributed by atoms with Crippen LogP contribution in [0.4, 0.5) is 0 Å². The average molecular weight is 437 g/mol. The topological polar surface area (TPSA) is 80.5 Å². The Morgan fingerprint density at radius 2 is 1.90 bits per heavy atom. The van der Waals surface area contributed by atoms with Gasteiger partial charge in [-0.1, -0.05) is 17.7 Å². The first kappa shape index (κ1) is 19.2. The van der Waals surface area contributed by atoms with E-state index in [1.54, 1.807) is 12.5 Å². The van der Waals surface area contributed by atoms with Gasteiger partial charge in [-0.2, -0.15) is 4.98 Å². The summed E-state index contributed by atoms with van der Waals surface area (Å²) in [6.45, 7) is 0.223. The van der Waals surface area contributed by atoms with Gasteiger partial charge in [-0.15, -0.1) is 0 Å². The van der Waals surface area contributed by atoms with E-state index in [1.165, 1.54) is 7.11 Å². The van der Waals surface area contributed by atoms with Crippen molar-refractivity contribution >= 4 is 11.6 Å². The Morgan fingerprint density at radius 1 is 1.06 bits per heavy atom. The fraction of sp³-hybridized carbons (Fsp3) is 0.136. The summed E-state index contributed by atoms with van der Waals surface area (Å²) in [5.41, 5.74) is 1.92. The minimum absolute atomic E-state index is 0.179. The number of hydrogen-bond donors (Lipinski definition) is 0. The Morgan fingerprint density at radius 3 is 2.68 bits per heavy atom. The van der Waals surface area contributed by atoms with Crippen molar-refractivity contribution in [2.24, 2.45) is 0 Å². The fourth-order valence-corrected chi connectivity index (χ4v) is 3.46. The Labute approximate surface area is 183 Å². The van der Waals surface area contributed by atoms with Crippen LogP contribution >= 0.6 is 11.6 Å². The quantitative estimate of drug-likeness (QED) is 0.413. The summed E-state index contributed by atoms with van der Waals surface area (Å²) in [4.78, 5) is 12.9. The maximum absolute atomic E-state index is 6.34. The van der Waals surface area contributed by atoms with Gasteiger partial charge in [0, 0.05) is 24.5 Å². The molecule has 2 aromatic carbocycles. The molecule has 0 atom stereocenters. The van der Waals surface area contributed by atoms with Gasteiger partial charge in [0.2, 0.25) is 12.5 Å². The van der Waals surface area contributed by atoms with E-state index in [0.29, 0.717) is 23.7 Å². The number of benzene rings is 2. The molecule has 0 radical (unpaired) electrons. The predicted molar refractivity (Wildman–Crippen MR) is 113 cm³/mol. The lowest BCUT2D eigenvalue weighted by molar-refractivity contribution is 0.174. The highest BCUT2D eigenvalue weighted by atomic mass is 35.5. The van der Waals surface area contributed by atoms with Gasteiger partial charge in [0.15, 0.2) is 16.7 Å². The highest BCUT2D eigenvalue weighted by Crippen LogP contribution is 2.36. The second-order valence-corrected chi connectivity index (χ2v) is 7.06. The van der Waals surface area contributed by atoms with Gasteiger partial charge in [0.05, 0.1) is 13.4 Å². The van der Waals surface area contributed by atoms with Crippen molar-refractivity contribution in [3.63, 3.8) is 0 Å². The van der Waals surface area contributed by atoms with Crippen LogP contribution in [0.2, 0.25) is 5.15 Å². The molecule has 3 heterocycles. The van der Waals surface area contributed by atoms with Crippen LogP contribution in [-0.4, -0.2) is 33.4 Å². The van der Waals surface area contributed by atoms with Gasteiger partial charge in [0.1, 0.15) is 11.6 Å². The summed E-state index contributed by atoms with van der Waals surface area (Å²) in [6.07, 6.45) is 5.76. The third-order valence-electron chi connectivity index (χ3n) is 4.70. The molecule has 0 saturated carbocycles. The van der Waals surface area contributed by atoms with Crippen molar-refractivity contribution in [1.29, 1.82) is 0 Å². The average Bonchev–Trinajstić information content (AvgIpc) is 3.46. The lowest BCUT2D eigenvalue weighted by Gasteiger charge is -2.12. The first-order valence-corrected chi connectivity index (χ1v) is 9.82. The number of rotatable bonds is 6. The predicted octanol–water partition coefficient (Wildman–Crippen LogP) is 4.44. The lowest BCUT2D eigenvalue weighted by atomic mass is 10.1.